The molecule has 4 aromatic rings. The number of amidine groups is 1. The van der Waals surface area contributed by atoms with Crippen LogP contribution in [-0.4, -0.2) is 50.5 Å². The summed E-state index contributed by atoms with van der Waals surface area (Å²) in [5.74, 6) is -0.0737. The van der Waals surface area contributed by atoms with Crippen LogP contribution in [0.4, 0.5) is 28.0 Å². The number of benzene rings is 3. The largest absolute Gasteiger partial charge is 0.573 e. The van der Waals surface area contributed by atoms with Crippen molar-refractivity contribution in [2.24, 2.45) is 4.99 Å². The summed E-state index contributed by atoms with van der Waals surface area (Å²) in [6, 6.07) is 18.1. The molecule has 1 unspecified atom stereocenters. The van der Waals surface area contributed by atoms with Crippen LogP contribution < -0.4 is 15.0 Å². The smallest absolute Gasteiger partial charge is 0.406 e. The normalized spacial score (nSPS) is 15.1. The van der Waals surface area contributed by atoms with Crippen molar-refractivity contribution in [2.45, 2.75) is 25.9 Å². The van der Waals surface area contributed by atoms with Crippen molar-refractivity contribution in [3.05, 3.63) is 90.3 Å². The van der Waals surface area contributed by atoms with Gasteiger partial charge in [-0.1, -0.05) is 61.2 Å². The highest BCUT2D eigenvalue weighted by molar-refractivity contribution is 8.15. The molecule has 1 aliphatic heterocycles. The Hall–Kier alpha value is -4.72. The summed E-state index contributed by atoms with van der Waals surface area (Å²) in [6.45, 7) is 1.63. The van der Waals surface area contributed by atoms with Gasteiger partial charge in [-0.15, -0.1) is 18.3 Å². The number of nitrogens with zero attached hydrogens (tertiary/aromatic N) is 5. The predicted octanol–water partition coefficient (Wildman–Crippen LogP) is 6.25. The number of amides is 3. The van der Waals surface area contributed by atoms with E-state index in [0.717, 1.165) is 17.3 Å². The van der Waals surface area contributed by atoms with Gasteiger partial charge in [-0.3, -0.25) is 9.69 Å². The summed E-state index contributed by atoms with van der Waals surface area (Å²) in [5.41, 5.74) is 2.96. The number of carbonyl (C=O) groups is 2. The van der Waals surface area contributed by atoms with E-state index < -0.39 is 18.6 Å². The molecular weight excluding hydrogens is 588 g/mol. The highest BCUT2D eigenvalue weighted by Crippen LogP contribution is 2.30. The number of ether oxygens (including phenoxy) is 1. The van der Waals surface area contributed by atoms with Gasteiger partial charge in [0.1, 0.15) is 18.2 Å². The number of anilines is 1. The maximum absolute atomic E-state index is 15.0. The van der Waals surface area contributed by atoms with E-state index in [1.807, 2.05) is 25.1 Å². The minimum absolute atomic E-state index is 0.151. The average Bonchev–Trinajstić information content (AvgIpc) is 3.62. The summed E-state index contributed by atoms with van der Waals surface area (Å²) in [6.07, 6.45) is -4.22. The van der Waals surface area contributed by atoms with Crippen LogP contribution in [0, 0.1) is 0 Å². The third-order valence-electron chi connectivity index (χ3n) is 6.37. The fraction of sp³-hybridized carbons (Fsp3) is 0.207. The maximum Gasteiger partial charge on any atom is 0.573 e. The molecule has 3 amide bonds. The molecule has 1 saturated heterocycles. The molecule has 1 aliphatic rings. The van der Waals surface area contributed by atoms with Crippen LogP contribution in [0.15, 0.2) is 84.1 Å². The van der Waals surface area contributed by atoms with Crippen LogP contribution >= 0.6 is 11.8 Å². The standard InChI is InChI=1S/C29H24F4N6O3S/c1-2-18-5-3-4-6-24(18)39-25(40)16-43-28(39)36-27(41)34-15-23(30)19-7-9-20(10-8-19)26-35-17-38(37-26)21-11-13-22(14-12-21)42-29(31,32)33/h3-14,17,23H,2,15-16H2,1H3,(H,34,41)/b36-28-. The van der Waals surface area contributed by atoms with Gasteiger partial charge < -0.3 is 10.1 Å². The lowest BCUT2D eigenvalue weighted by Crippen LogP contribution is -2.32. The quantitative estimate of drug-likeness (QED) is 0.236. The first-order valence-electron chi connectivity index (χ1n) is 13.0. The van der Waals surface area contributed by atoms with Crippen molar-refractivity contribution < 1.29 is 31.9 Å². The number of aryl methyl sites for hydroxylation is 1. The van der Waals surface area contributed by atoms with E-state index in [2.05, 4.69) is 25.1 Å². The van der Waals surface area contributed by atoms with Crippen LogP contribution in [0.25, 0.3) is 17.1 Å². The van der Waals surface area contributed by atoms with E-state index in [0.29, 0.717) is 34.7 Å². The number of alkyl halides is 4. The SMILES string of the molecule is CCc1ccccc1N1C(=O)CS/C1=N\C(=O)NCC(F)c1ccc(-c2ncn(-c3ccc(OC(F)(F)F)cc3)n2)cc1. The van der Waals surface area contributed by atoms with Gasteiger partial charge in [0.05, 0.1) is 23.7 Å². The van der Waals surface area contributed by atoms with Crippen LogP contribution in [-0.2, 0) is 11.2 Å². The first kappa shape index (κ1) is 29.8. The van der Waals surface area contributed by atoms with Crippen molar-refractivity contribution in [3.8, 4) is 22.8 Å². The molecule has 1 atom stereocenters. The second kappa shape index (κ2) is 12.7. The van der Waals surface area contributed by atoms with Crippen molar-refractivity contribution in [2.75, 3.05) is 17.2 Å². The Morgan fingerprint density at radius 2 is 1.81 bits per heavy atom. The van der Waals surface area contributed by atoms with Crippen molar-refractivity contribution in [3.63, 3.8) is 0 Å². The molecule has 5 rings (SSSR count). The molecule has 9 nitrogen and oxygen atoms in total. The molecule has 3 aromatic carbocycles. The van der Waals surface area contributed by atoms with Gasteiger partial charge in [0.2, 0.25) is 5.91 Å². The number of hydrogen-bond acceptors (Lipinski definition) is 6. The number of para-hydroxylation sites is 1. The number of nitrogens with one attached hydrogen (secondary N) is 1. The number of halogens is 4. The molecule has 0 radical (unpaired) electrons. The predicted molar refractivity (Wildman–Crippen MR) is 154 cm³/mol. The molecule has 1 fully saturated rings. The fourth-order valence-corrected chi connectivity index (χ4v) is 5.15. The number of rotatable bonds is 8. The van der Waals surface area contributed by atoms with Crippen molar-refractivity contribution in [1.82, 2.24) is 20.1 Å². The molecule has 2 heterocycles. The zero-order valence-corrected chi connectivity index (χ0v) is 23.4. The minimum Gasteiger partial charge on any atom is -0.406 e. The third kappa shape index (κ3) is 7.20. The van der Waals surface area contributed by atoms with E-state index >= 15 is 0 Å². The highest BCUT2D eigenvalue weighted by Gasteiger charge is 2.32. The molecule has 14 heteroatoms. The molecular formula is C29H24F4N6O3S. The lowest BCUT2D eigenvalue weighted by Gasteiger charge is -2.19. The number of aromatic nitrogens is 3. The molecule has 0 saturated carbocycles. The van der Waals surface area contributed by atoms with Gasteiger partial charge in [0.15, 0.2) is 11.0 Å². The van der Waals surface area contributed by atoms with E-state index in [1.54, 1.807) is 18.2 Å². The molecule has 1 aromatic heterocycles. The van der Waals surface area contributed by atoms with Crippen molar-refractivity contribution in [1.29, 1.82) is 0 Å². The van der Waals surface area contributed by atoms with Crippen LogP contribution in [0.5, 0.6) is 5.75 Å². The molecule has 222 valence electrons. The highest BCUT2D eigenvalue weighted by atomic mass is 32.2. The van der Waals surface area contributed by atoms with Gasteiger partial charge in [-0.05, 0) is 47.9 Å². The van der Waals surface area contributed by atoms with Crippen molar-refractivity contribution >= 4 is 34.6 Å². The summed E-state index contributed by atoms with van der Waals surface area (Å²) in [5, 5.41) is 7.02. The summed E-state index contributed by atoms with van der Waals surface area (Å²) >= 11 is 1.15. The Morgan fingerprint density at radius 1 is 1.09 bits per heavy atom. The third-order valence-corrected chi connectivity index (χ3v) is 7.29. The first-order valence-corrected chi connectivity index (χ1v) is 14.0. The Balaban J connectivity index is 1.19. The molecule has 0 aliphatic carbocycles. The van der Waals surface area contributed by atoms with Crippen LogP contribution in [0.3, 0.4) is 0 Å². The monoisotopic (exact) mass is 612 g/mol. The van der Waals surface area contributed by atoms with Crippen LogP contribution in [0.2, 0.25) is 0 Å². The lowest BCUT2D eigenvalue weighted by molar-refractivity contribution is -0.274. The zero-order chi connectivity index (χ0) is 30.6. The lowest BCUT2D eigenvalue weighted by atomic mass is 10.1. The number of hydrogen-bond donors (Lipinski definition) is 1. The number of carbonyl (C=O) groups excluding carboxylic acids is 2. The van der Waals surface area contributed by atoms with Gasteiger partial charge in [0.25, 0.3) is 0 Å². The van der Waals surface area contributed by atoms with Gasteiger partial charge in [-0.2, -0.15) is 4.99 Å². The Labute approximate surface area is 247 Å². The van der Waals surface area contributed by atoms with Gasteiger partial charge >= 0.3 is 12.4 Å². The molecule has 1 N–H and O–H groups in total. The minimum atomic E-state index is -4.79. The Bertz CT molecular complexity index is 1640. The maximum atomic E-state index is 15.0. The number of aliphatic imine (C=N–C) groups is 1. The van der Waals surface area contributed by atoms with Gasteiger partial charge in [0, 0.05) is 5.56 Å². The molecule has 43 heavy (non-hydrogen) atoms. The fourth-order valence-electron chi connectivity index (χ4n) is 4.29. The zero-order valence-electron chi connectivity index (χ0n) is 22.6. The number of thioether (sulfide) groups is 1. The number of urea groups is 1. The average molecular weight is 613 g/mol. The second-order valence-electron chi connectivity index (χ2n) is 9.22. The first-order chi connectivity index (χ1) is 20.6. The van der Waals surface area contributed by atoms with E-state index in [4.69, 9.17) is 0 Å². The summed E-state index contributed by atoms with van der Waals surface area (Å²) in [4.78, 5) is 34.7. The summed E-state index contributed by atoms with van der Waals surface area (Å²) in [7, 11) is 0. The molecule has 0 bridgehead atoms. The van der Waals surface area contributed by atoms with Crippen LogP contribution in [0.1, 0.15) is 24.2 Å². The Kier molecular flexibility index (Phi) is 8.76. The second-order valence-corrected chi connectivity index (χ2v) is 10.2. The van der Waals surface area contributed by atoms with E-state index in [-0.39, 0.29) is 29.1 Å². The van der Waals surface area contributed by atoms with E-state index in [1.165, 1.54) is 52.3 Å². The van der Waals surface area contributed by atoms with E-state index in [9.17, 15) is 27.2 Å². The molecule has 0 spiro atoms. The van der Waals surface area contributed by atoms with Gasteiger partial charge in [-0.25, -0.2) is 18.9 Å². The topological polar surface area (TPSA) is 102 Å². The Morgan fingerprint density at radius 3 is 2.51 bits per heavy atom. The summed E-state index contributed by atoms with van der Waals surface area (Å²) < 4.78 is 57.3.